The summed E-state index contributed by atoms with van der Waals surface area (Å²) in [5, 5.41) is 4.25. The Morgan fingerprint density at radius 2 is 1.70 bits per heavy atom. The molecule has 1 aromatic rings. The summed E-state index contributed by atoms with van der Waals surface area (Å²) in [7, 11) is 0. The van der Waals surface area contributed by atoms with Gasteiger partial charge in [0.25, 0.3) is 0 Å². The summed E-state index contributed by atoms with van der Waals surface area (Å²) >= 11 is 12.1. The van der Waals surface area contributed by atoms with Gasteiger partial charge in [0.05, 0.1) is 0 Å². The molecule has 2 saturated carbocycles. The lowest BCUT2D eigenvalue weighted by atomic mass is 10.1. The second-order valence-corrected chi connectivity index (χ2v) is 6.49. The number of rotatable bonds is 5. The van der Waals surface area contributed by atoms with E-state index in [4.69, 9.17) is 23.2 Å². The van der Waals surface area contributed by atoms with Crippen molar-refractivity contribution in [3.05, 3.63) is 39.9 Å². The van der Waals surface area contributed by atoms with Crippen molar-refractivity contribution >= 4 is 35.2 Å². The van der Waals surface area contributed by atoms with Gasteiger partial charge in [0.2, 0.25) is 5.91 Å². The zero-order chi connectivity index (χ0) is 14.1. The minimum absolute atomic E-state index is 0.0511. The van der Waals surface area contributed by atoms with Crippen LogP contribution in [0.5, 0.6) is 0 Å². The van der Waals surface area contributed by atoms with Crippen LogP contribution < -0.4 is 5.32 Å². The molecule has 2 nitrogen and oxygen atoms in total. The van der Waals surface area contributed by atoms with Crippen LogP contribution >= 0.6 is 23.2 Å². The van der Waals surface area contributed by atoms with Gasteiger partial charge in [-0.15, -0.1) is 0 Å². The van der Waals surface area contributed by atoms with E-state index >= 15 is 0 Å². The zero-order valence-electron chi connectivity index (χ0n) is 11.1. The summed E-state index contributed by atoms with van der Waals surface area (Å²) in [6.45, 7) is 0. The van der Waals surface area contributed by atoms with E-state index in [9.17, 15) is 4.79 Å². The third-order valence-corrected chi connectivity index (χ3v) is 4.63. The van der Waals surface area contributed by atoms with E-state index in [1.54, 1.807) is 24.3 Å². The second kappa shape index (κ2) is 5.79. The van der Waals surface area contributed by atoms with Gasteiger partial charge in [0.15, 0.2) is 0 Å². The molecular formula is C16H17Cl2NO. The molecule has 2 fully saturated rings. The molecule has 0 bridgehead atoms. The SMILES string of the molecule is O=C(/C=C/c1c(Cl)cccc1Cl)NC(C1CC1)C1CC1. The van der Waals surface area contributed by atoms with E-state index in [-0.39, 0.29) is 5.91 Å². The van der Waals surface area contributed by atoms with Gasteiger partial charge < -0.3 is 5.32 Å². The number of hydrogen-bond donors (Lipinski definition) is 1. The molecule has 0 saturated heterocycles. The van der Waals surface area contributed by atoms with Gasteiger partial charge in [0, 0.05) is 27.7 Å². The number of hydrogen-bond acceptors (Lipinski definition) is 1. The molecule has 20 heavy (non-hydrogen) atoms. The fourth-order valence-electron chi connectivity index (χ4n) is 2.57. The van der Waals surface area contributed by atoms with E-state index in [0.717, 1.165) is 0 Å². The second-order valence-electron chi connectivity index (χ2n) is 5.68. The molecule has 1 amide bonds. The van der Waals surface area contributed by atoms with Crippen LogP contribution in [0.2, 0.25) is 10.0 Å². The van der Waals surface area contributed by atoms with Crippen LogP contribution in [0.1, 0.15) is 31.2 Å². The van der Waals surface area contributed by atoms with Crippen LogP contribution in [0.4, 0.5) is 0 Å². The quantitative estimate of drug-likeness (QED) is 0.807. The molecule has 0 aromatic heterocycles. The Hall–Kier alpha value is -0.990. The monoisotopic (exact) mass is 309 g/mol. The maximum atomic E-state index is 12.0. The highest BCUT2D eigenvalue weighted by Crippen LogP contribution is 2.44. The highest BCUT2D eigenvalue weighted by molar-refractivity contribution is 6.37. The van der Waals surface area contributed by atoms with E-state index < -0.39 is 0 Å². The molecule has 0 atom stereocenters. The third-order valence-electron chi connectivity index (χ3n) is 3.97. The maximum Gasteiger partial charge on any atom is 0.244 e. The Labute approximate surface area is 129 Å². The van der Waals surface area contributed by atoms with Crippen LogP contribution in [-0.4, -0.2) is 11.9 Å². The Bertz CT molecular complexity index is 515. The largest absolute Gasteiger partial charge is 0.349 e. The van der Waals surface area contributed by atoms with Crippen LogP contribution in [0, 0.1) is 11.8 Å². The Kier molecular flexibility index (Phi) is 4.04. The Morgan fingerprint density at radius 1 is 1.15 bits per heavy atom. The van der Waals surface area contributed by atoms with Crippen LogP contribution in [-0.2, 0) is 4.79 Å². The molecule has 1 N–H and O–H groups in total. The lowest BCUT2D eigenvalue weighted by molar-refractivity contribution is -0.117. The number of amides is 1. The van der Waals surface area contributed by atoms with Gasteiger partial charge in [0.1, 0.15) is 0 Å². The summed E-state index contributed by atoms with van der Waals surface area (Å²) in [6.07, 6.45) is 8.23. The van der Waals surface area contributed by atoms with Crippen LogP contribution in [0.3, 0.4) is 0 Å². The van der Waals surface area contributed by atoms with Gasteiger partial charge in [-0.1, -0.05) is 29.3 Å². The maximum absolute atomic E-state index is 12.0. The molecule has 0 aliphatic heterocycles. The molecule has 4 heteroatoms. The summed E-state index contributed by atoms with van der Waals surface area (Å²) in [6, 6.07) is 5.69. The summed E-state index contributed by atoms with van der Waals surface area (Å²) < 4.78 is 0. The average molecular weight is 310 g/mol. The highest BCUT2D eigenvalue weighted by atomic mass is 35.5. The van der Waals surface area contributed by atoms with Crippen molar-refractivity contribution in [3.63, 3.8) is 0 Å². The summed E-state index contributed by atoms with van der Waals surface area (Å²) in [4.78, 5) is 12.0. The van der Waals surface area contributed by atoms with E-state index in [1.807, 2.05) is 0 Å². The third kappa shape index (κ3) is 3.36. The Balaban J connectivity index is 1.64. The molecule has 0 heterocycles. The van der Waals surface area contributed by atoms with Gasteiger partial charge in [-0.05, 0) is 55.7 Å². The molecule has 2 aliphatic carbocycles. The number of nitrogens with one attached hydrogen (secondary N) is 1. The summed E-state index contributed by atoms with van der Waals surface area (Å²) in [5.74, 6) is 1.34. The lowest BCUT2D eigenvalue weighted by Gasteiger charge is -2.16. The minimum Gasteiger partial charge on any atom is -0.349 e. The van der Waals surface area contributed by atoms with Gasteiger partial charge >= 0.3 is 0 Å². The van der Waals surface area contributed by atoms with Crippen molar-refractivity contribution in [2.75, 3.05) is 0 Å². The topological polar surface area (TPSA) is 29.1 Å². The van der Waals surface area contributed by atoms with Crippen molar-refractivity contribution < 1.29 is 4.79 Å². The van der Waals surface area contributed by atoms with E-state index in [2.05, 4.69) is 5.32 Å². The molecule has 106 valence electrons. The predicted octanol–water partition coefficient (Wildman–Crippen LogP) is 4.31. The zero-order valence-corrected chi connectivity index (χ0v) is 12.6. The molecule has 0 spiro atoms. The molecule has 0 unspecified atom stereocenters. The normalized spacial score (nSPS) is 18.8. The summed E-state index contributed by atoms with van der Waals surface area (Å²) in [5.41, 5.74) is 0.695. The lowest BCUT2D eigenvalue weighted by Crippen LogP contribution is -2.37. The Morgan fingerprint density at radius 3 is 2.20 bits per heavy atom. The van der Waals surface area contributed by atoms with Crippen molar-refractivity contribution in [1.82, 2.24) is 5.32 Å². The van der Waals surface area contributed by atoms with Crippen molar-refractivity contribution in [1.29, 1.82) is 0 Å². The fourth-order valence-corrected chi connectivity index (χ4v) is 3.10. The first kappa shape index (κ1) is 14.0. The molecule has 2 aliphatic rings. The van der Waals surface area contributed by atoms with Crippen molar-refractivity contribution in [2.24, 2.45) is 11.8 Å². The standard InChI is InChI=1S/C16H17Cl2NO/c17-13-2-1-3-14(18)12(13)8-9-15(20)19-16(10-4-5-10)11-6-7-11/h1-3,8-11,16H,4-7H2,(H,19,20)/b9-8+. The minimum atomic E-state index is -0.0511. The first-order valence-electron chi connectivity index (χ1n) is 7.08. The van der Waals surface area contributed by atoms with Gasteiger partial charge in [-0.25, -0.2) is 0 Å². The van der Waals surface area contributed by atoms with E-state index in [1.165, 1.54) is 31.8 Å². The fraction of sp³-hybridized carbons (Fsp3) is 0.438. The molecular weight excluding hydrogens is 293 g/mol. The number of benzene rings is 1. The van der Waals surface area contributed by atoms with Gasteiger partial charge in [-0.3, -0.25) is 4.79 Å². The van der Waals surface area contributed by atoms with Crippen molar-refractivity contribution in [3.8, 4) is 0 Å². The molecule has 0 radical (unpaired) electrons. The van der Waals surface area contributed by atoms with Gasteiger partial charge in [-0.2, -0.15) is 0 Å². The average Bonchev–Trinajstić information content (AvgIpc) is 3.28. The number of carbonyl (C=O) groups excluding carboxylic acids is 1. The highest BCUT2D eigenvalue weighted by Gasteiger charge is 2.41. The van der Waals surface area contributed by atoms with E-state index in [0.29, 0.717) is 33.5 Å². The number of carbonyl (C=O) groups is 1. The van der Waals surface area contributed by atoms with Crippen molar-refractivity contribution in [2.45, 2.75) is 31.7 Å². The predicted molar refractivity (Wildman–Crippen MR) is 82.9 cm³/mol. The van der Waals surface area contributed by atoms with Crippen LogP contribution in [0.15, 0.2) is 24.3 Å². The first-order valence-corrected chi connectivity index (χ1v) is 7.83. The first-order chi connectivity index (χ1) is 9.65. The smallest absolute Gasteiger partial charge is 0.244 e. The molecule has 3 rings (SSSR count). The molecule has 1 aromatic carbocycles. The number of halogens is 2. The van der Waals surface area contributed by atoms with Crippen LogP contribution in [0.25, 0.3) is 6.08 Å².